The van der Waals surface area contributed by atoms with Crippen LogP contribution in [0.5, 0.6) is 5.75 Å². The lowest BCUT2D eigenvalue weighted by molar-refractivity contribution is 0.281. The number of nitrogens with one attached hydrogen (secondary N) is 1. The van der Waals surface area contributed by atoms with Crippen molar-refractivity contribution < 1.29 is 18.3 Å². The first-order valence-corrected chi connectivity index (χ1v) is 7.88. The molecular weight excluding hydrogens is 292 g/mol. The minimum atomic E-state index is -3.73. The van der Waals surface area contributed by atoms with E-state index in [0.29, 0.717) is 11.3 Å². The van der Waals surface area contributed by atoms with Gasteiger partial charge in [-0.1, -0.05) is 24.3 Å². The summed E-state index contributed by atoms with van der Waals surface area (Å²) in [5, 5.41) is 8.87. The summed E-state index contributed by atoms with van der Waals surface area (Å²) >= 11 is 0. The Bertz CT molecular complexity index is 744. The molecule has 2 heterocycles. The predicted octanol–water partition coefficient (Wildman–Crippen LogP) is 0.986. The lowest BCUT2D eigenvalue weighted by Crippen LogP contribution is -2.30. The first kappa shape index (κ1) is 14.0. The molecule has 1 unspecified atom stereocenters. The van der Waals surface area contributed by atoms with Crippen LogP contribution in [0, 0.1) is 0 Å². The maximum atomic E-state index is 12.3. The van der Waals surface area contributed by atoms with Crippen molar-refractivity contribution in [3.63, 3.8) is 0 Å². The Kier molecular flexibility index (Phi) is 3.62. The molecule has 1 aromatic carbocycles. The average molecular weight is 306 g/mol. The molecule has 110 valence electrons. The van der Waals surface area contributed by atoms with E-state index in [9.17, 15) is 8.42 Å². The number of aromatic nitrogens is 1. The van der Waals surface area contributed by atoms with Crippen LogP contribution >= 0.6 is 0 Å². The summed E-state index contributed by atoms with van der Waals surface area (Å²) in [6.45, 7) is 0.0812. The number of pyridine rings is 1. The van der Waals surface area contributed by atoms with Crippen LogP contribution in [0.25, 0.3) is 0 Å². The molecular formula is C14H14N2O4S. The number of rotatable bonds is 4. The largest absolute Gasteiger partial charge is 0.491 e. The Hall–Kier alpha value is -1.96. The van der Waals surface area contributed by atoms with E-state index < -0.39 is 16.1 Å². The molecule has 21 heavy (non-hydrogen) atoms. The third-order valence-corrected chi connectivity index (χ3v) is 4.64. The lowest BCUT2D eigenvalue weighted by atomic mass is 10.1. The van der Waals surface area contributed by atoms with Crippen molar-refractivity contribution in [3.05, 3.63) is 53.7 Å². The summed E-state index contributed by atoms with van der Waals surface area (Å²) in [7, 11) is -3.73. The van der Waals surface area contributed by atoms with Crippen LogP contribution in [0.2, 0.25) is 0 Å². The first-order valence-electron chi connectivity index (χ1n) is 6.40. The van der Waals surface area contributed by atoms with Crippen LogP contribution in [-0.4, -0.2) is 25.1 Å². The Morgan fingerprint density at radius 2 is 2.10 bits per heavy atom. The van der Waals surface area contributed by atoms with Crippen molar-refractivity contribution in [2.24, 2.45) is 0 Å². The van der Waals surface area contributed by atoms with Crippen molar-refractivity contribution in [2.75, 3.05) is 6.61 Å². The standard InChI is InChI=1S/C14H14N2O4S/c17-8-10-5-6-14(15-7-10)21(18,19)16-12-9-20-13-4-2-1-3-11(12)13/h1-7,12,16-17H,8-9H2. The summed E-state index contributed by atoms with van der Waals surface area (Å²) < 4.78 is 32.6. The molecule has 1 aliphatic heterocycles. The summed E-state index contributed by atoms with van der Waals surface area (Å²) in [6.07, 6.45) is 1.34. The van der Waals surface area contributed by atoms with Gasteiger partial charge in [0.2, 0.25) is 0 Å². The van der Waals surface area contributed by atoms with Gasteiger partial charge in [-0.2, -0.15) is 4.72 Å². The van der Waals surface area contributed by atoms with Crippen molar-refractivity contribution in [1.29, 1.82) is 0 Å². The number of para-hydroxylation sites is 1. The van der Waals surface area contributed by atoms with Crippen LogP contribution in [0.1, 0.15) is 17.2 Å². The van der Waals surface area contributed by atoms with E-state index in [2.05, 4.69) is 9.71 Å². The molecule has 1 aliphatic rings. The number of aliphatic hydroxyl groups excluding tert-OH is 1. The molecule has 0 saturated heterocycles. The monoisotopic (exact) mass is 306 g/mol. The average Bonchev–Trinajstić information content (AvgIpc) is 2.90. The van der Waals surface area contributed by atoms with E-state index in [1.54, 1.807) is 6.07 Å². The molecule has 1 aromatic heterocycles. The molecule has 0 spiro atoms. The zero-order valence-electron chi connectivity index (χ0n) is 11.1. The lowest BCUT2D eigenvalue weighted by Gasteiger charge is -2.12. The predicted molar refractivity (Wildman–Crippen MR) is 75.2 cm³/mol. The number of sulfonamides is 1. The van der Waals surface area contributed by atoms with E-state index in [1.807, 2.05) is 18.2 Å². The fourth-order valence-electron chi connectivity index (χ4n) is 2.17. The van der Waals surface area contributed by atoms with E-state index in [4.69, 9.17) is 9.84 Å². The van der Waals surface area contributed by atoms with Crippen LogP contribution in [-0.2, 0) is 16.6 Å². The number of hydrogen-bond donors (Lipinski definition) is 2. The molecule has 2 N–H and O–H groups in total. The highest BCUT2D eigenvalue weighted by molar-refractivity contribution is 7.89. The molecule has 0 saturated carbocycles. The number of nitrogens with zero attached hydrogens (tertiary/aromatic N) is 1. The minimum absolute atomic E-state index is 0.0796. The van der Waals surface area contributed by atoms with Gasteiger partial charge in [0.25, 0.3) is 10.0 Å². The molecule has 6 nitrogen and oxygen atoms in total. The molecule has 7 heteroatoms. The first-order chi connectivity index (χ1) is 10.1. The van der Waals surface area contributed by atoms with Crippen LogP contribution in [0.15, 0.2) is 47.6 Å². The van der Waals surface area contributed by atoms with E-state index in [-0.39, 0.29) is 18.2 Å². The number of aliphatic hydroxyl groups is 1. The second-order valence-corrected chi connectivity index (χ2v) is 6.35. The van der Waals surface area contributed by atoms with Gasteiger partial charge in [-0.05, 0) is 17.7 Å². The van der Waals surface area contributed by atoms with Gasteiger partial charge < -0.3 is 9.84 Å². The van der Waals surface area contributed by atoms with Crippen molar-refractivity contribution in [3.8, 4) is 5.75 Å². The minimum Gasteiger partial charge on any atom is -0.491 e. The van der Waals surface area contributed by atoms with Gasteiger partial charge in [-0.15, -0.1) is 0 Å². The maximum absolute atomic E-state index is 12.3. The van der Waals surface area contributed by atoms with E-state index >= 15 is 0 Å². The molecule has 0 aliphatic carbocycles. The van der Waals surface area contributed by atoms with Crippen LogP contribution < -0.4 is 9.46 Å². The van der Waals surface area contributed by atoms with Crippen molar-refractivity contribution in [1.82, 2.24) is 9.71 Å². The highest BCUT2D eigenvalue weighted by atomic mass is 32.2. The molecule has 2 aromatic rings. The summed E-state index contributed by atoms with van der Waals surface area (Å²) in [4.78, 5) is 3.87. The topological polar surface area (TPSA) is 88.5 Å². The van der Waals surface area contributed by atoms with Crippen LogP contribution in [0.3, 0.4) is 0 Å². The normalized spacial score (nSPS) is 17.3. The maximum Gasteiger partial charge on any atom is 0.258 e. The smallest absolute Gasteiger partial charge is 0.258 e. The van der Waals surface area contributed by atoms with Gasteiger partial charge in [0, 0.05) is 11.8 Å². The second-order valence-electron chi connectivity index (χ2n) is 4.69. The number of fused-ring (bicyclic) bond motifs is 1. The zero-order valence-corrected chi connectivity index (χ0v) is 11.9. The van der Waals surface area contributed by atoms with Gasteiger partial charge in [-0.3, -0.25) is 0 Å². The SMILES string of the molecule is O=S(=O)(NC1COc2ccccc21)c1ccc(CO)cn1. The molecule has 0 fully saturated rings. The summed E-state index contributed by atoms with van der Waals surface area (Å²) in [5.74, 6) is 0.689. The van der Waals surface area contributed by atoms with Gasteiger partial charge in [0.1, 0.15) is 12.4 Å². The molecule has 0 bridgehead atoms. The highest BCUT2D eigenvalue weighted by Crippen LogP contribution is 2.32. The Morgan fingerprint density at radius 1 is 1.29 bits per heavy atom. The zero-order chi connectivity index (χ0) is 14.9. The molecule has 3 rings (SSSR count). The van der Waals surface area contributed by atoms with Crippen molar-refractivity contribution >= 4 is 10.0 Å². The van der Waals surface area contributed by atoms with E-state index in [1.165, 1.54) is 18.3 Å². The number of ether oxygens (including phenoxy) is 1. The Labute approximate surface area is 122 Å². The molecule has 0 amide bonds. The molecule has 0 radical (unpaired) electrons. The Morgan fingerprint density at radius 3 is 2.81 bits per heavy atom. The third kappa shape index (κ3) is 2.76. The van der Waals surface area contributed by atoms with Gasteiger partial charge >= 0.3 is 0 Å². The number of hydrogen-bond acceptors (Lipinski definition) is 5. The summed E-state index contributed by atoms with van der Waals surface area (Å²) in [6, 6.07) is 9.78. The number of benzene rings is 1. The second kappa shape index (κ2) is 5.44. The quantitative estimate of drug-likeness (QED) is 0.879. The highest BCUT2D eigenvalue weighted by Gasteiger charge is 2.29. The Balaban J connectivity index is 1.83. The molecule has 1 atom stereocenters. The fourth-order valence-corrected chi connectivity index (χ4v) is 3.30. The van der Waals surface area contributed by atoms with Crippen molar-refractivity contribution in [2.45, 2.75) is 17.7 Å². The fraction of sp³-hybridized carbons (Fsp3) is 0.214. The van der Waals surface area contributed by atoms with E-state index in [0.717, 1.165) is 5.56 Å². The third-order valence-electron chi connectivity index (χ3n) is 3.25. The van der Waals surface area contributed by atoms with Gasteiger partial charge in [0.15, 0.2) is 5.03 Å². The van der Waals surface area contributed by atoms with Crippen LogP contribution in [0.4, 0.5) is 0 Å². The van der Waals surface area contributed by atoms with Gasteiger partial charge in [-0.25, -0.2) is 13.4 Å². The van der Waals surface area contributed by atoms with Gasteiger partial charge in [0.05, 0.1) is 12.6 Å². The summed E-state index contributed by atoms with van der Waals surface area (Å²) in [5.41, 5.74) is 1.37.